The van der Waals surface area contributed by atoms with E-state index in [4.69, 9.17) is 5.73 Å². The van der Waals surface area contributed by atoms with Crippen LogP contribution in [-0.2, 0) is 0 Å². The summed E-state index contributed by atoms with van der Waals surface area (Å²) in [6, 6.07) is -0.742. The molecule has 3 N–H and O–H groups in total. The van der Waals surface area contributed by atoms with Crippen molar-refractivity contribution in [3.8, 4) is 0 Å². The van der Waals surface area contributed by atoms with Gasteiger partial charge in [-0.3, -0.25) is 0 Å². The Morgan fingerprint density at radius 1 is 1.62 bits per heavy atom. The van der Waals surface area contributed by atoms with Gasteiger partial charge < -0.3 is 11.1 Å². The van der Waals surface area contributed by atoms with Crippen LogP contribution < -0.4 is 11.1 Å². The van der Waals surface area contributed by atoms with E-state index in [0.29, 0.717) is 5.70 Å². The van der Waals surface area contributed by atoms with Gasteiger partial charge in [0, 0.05) is 5.70 Å². The second kappa shape index (κ2) is 3.99. The van der Waals surface area contributed by atoms with Gasteiger partial charge in [0.1, 0.15) is 0 Å². The van der Waals surface area contributed by atoms with Crippen LogP contribution in [0.15, 0.2) is 11.8 Å². The van der Waals surface area contributed by atoms with Crippen molar-refractivity contribution >= 4 is 6.03 Å². The van der Waals surface area contributed by atoms with E-state index in [2.05, 4.69) is 5.32 Å². The molecule has 1 rings (SSSR count). The van der Waals surface area contributed by atoms with Crippen LogP contribution in [0.1, 0.15) is 26.7 Å². The third-order valence-corrected chi connectivity index (χ3v) is 3.32. The van der Waals surface area contributed by atoms with E-state index in [1.165, 1.54) is 19.9 Å². The molecule has 0 fully saturated rings. The summed E-state index contributed by atoms with van der Waals surface area (Å²) in [5.41, 5.74) is 3.66. The number of rotatable bonds is 1. The van der Waals surface area contributed by atoms with E-state index in [9.17, 15) is 18.0 Å². The van der Waals surface area contributed by atoms with E-state index < -0.39 is 23.5 Å². The number of carbonyl (C=O) groups is 1. The average molecular weight is 236 g/mol. The minimum absolute atomic E-state index is 0.132. The lowest BCUT2D eigenvalue weighted by Gasteiger charge is -2.40. The molecule has 92 valence electrons. The van der Waals surface area contributed by atoms with E-state index in [1.807, 2.05) is 0 Å². The number of primary amides is 1. The first kappa shape index (κ1) is 12.9. The standard InChI is InChI=1S/C10H15F3N2O/c1-6-5-7(15-8(14)16)3-4-9(6,2)10(11,12)13/h3,6H,4-5H2,1-2H3,(H3,14,15,16). The lowest BCUT2D eigenvalue weighted by Crippen LogP contribution is -2.44. The number of alkyl halides is 3. The summed E-state index contributed by atoms with van der Waals surface area (Å²) < 4.78 is 38.5. The van der Waals surface area contributed by atoms with Crippen molar-refractivity contribution < 1.29 is 18.0 Å². The van der Waals surface area contributed by atoms with Gasteiger partial charge in [-0.15, -0.1) is 0 Å². The van der Waals surface area contributed by atoms with Crippen LogP contribution in [0.2, 0.25) is 0 Å². The lowest BCUT2D eigenvalue weighted by molar-refractivity contribution is -0.235. The molecule has 0 radical (unpaired) electrons. The molecule has 16 heavy (non-hydrogen) atoms. The highest BCUT2D eigenvalue weighted by molar-refractivity contribution is 5.73. The summed E-state index contributed by atoms with van der Waals surface area (Å²) in [6.45, 7) is 2.73. The Morgan fingerprint density at radius 2 is 2.19 bits per heavy atom. The third-order valence-electron chi connectivity index (χ3n) is 3.32. The maximum absolute atomic E-state index is 12.8. The minimum atomic E-state index is -4.23. The topological polar surface area (TPSA) is 55.1 Å². The summed E-state index contributed by atoms with van der Waals surface area (Å²) in [4.78, 5) is 10.6. The molecular formula is C10H15F3N2O. The molecule has 0 spiro atoms. The molecule has 1 aliphatic carbocycles. The molecular weight excluding hydrogens is 221 g/mol. The number of hydrogen-bond acceptors (Lipinski definition) is 1. The molecule has 6 heteroatoms. The van der Waals surface area contributed by atoms with Crippen molar-refractivity contribution in [3.63, 3.8) is 0 Å². The Hall–Kier alpha value is -1.20. The van der Waals surface area contributed by atoms with Gasteiger partial charge in [-0.1, -0.05) is 19.9 Å². The van der Waals surface area contributed by atoms with E-state index >= 15 is 0 Å². The molecule has 0 heterocycles. The molecule has 2 atom stereocenters. The number of hydrogen-bond donors (Lipinski definition) is 2. The zero-order valence-electron chi connectivity index (χ0n) is 9.19. The highest BCUT2D eigenvalue weighted by Gasteiger charge is 2.54. The van der Waals surface area contributed by atoms with Crippen molar-refractivity contribution in [1.29, 1.82) is 0 Å². The highest BCUT2D eigenvalue weighted by Crippen LogP contribution is 2.50. The molecule has 0 aliphatic heterocycles. The number of allylic oxidation sites excluding steroid dienone is 2. The van der Waals surface area contributed by atoms with Gasteiger partial charge in [-0.25, -0.2) is 4.79 Å². The Balaban J connectivity index is 2.85. The molecule has 0 aromatic heterocycles. The number of nitrogens with two attached hydrogens (primary N) is 1. The minimum Gasteiger partial charge on any atom is -0.351 e. The van der Waals surface area contributed by atoms with Gasteiger partial charge in [0.15, 0.2) is 0 Å². The summed E-state index contributed by atoms with van der Waals surface area (Å²) in [6.07, 6.45) is -2.79. The van der Waals surface area contributed by atoms with E-state index in [1.54, 1.807) is 0 Å². The van der Waals surface area contributed by atoms with Crippen LogP contribution in [-0.4, -0.2) is 12.2 Å². The normalized spacial score (nSPS) is 30.8. The predicted molar refractivity (Wildman–Crippen MR) is 53.4 cm³/mol. The number of amides is 2. The van der Waals surface area contributed by atoms with Crippen LogP contribution in [0.4, 0.5) is 18.0 Å². The quantitative estimate of drug-likeness (QED) is 0.722. The van der Waals surface area contributed by atoms with Crippen LogP contribution in [0.5, 0.6) is 0 Å². The second-order valence-corrected chi connectivity index (χ2v) is 4.44. The highest BCUT2D eigenvalue weighted by atomic mass is 19.4. The first-order valence-electron chi connectivity index (χ1n) is 4.99. The summed E-state index contributed by atoms with van der Waals surface area (Å²) >= 11 is 0. The van der Waals surface area contributed by atoms with E-state index in [-0.39, 0.29) is 12.8 Å². The van der Waals surface area contributed by atoms with Crippen molar-refractivity contribution in [3.05, 3.63) is 11.8 Å². The maximum Gasteiger partial charge on any atom is 0.394 e. The number of nitrogens with one attached hydrogen (secondary N) is 1. The Bertz CT molecular complexity index is 325. The summed E-state index contributed by atoms with van der Waals surface area (Å²) in [5.74, 6) is -0.584. The molecule has 2 unspecified atom stereocenters. The van der Waals surface area contributed by atoms with Crippen LogP contribution in [0, 0.1) is 11.3 Å². The zero-order chi connectivity index (χ0) is 12.6. The van der Waals surface area contributed by atoms with Crippen LogP contribution in [0.25, 0.3) is 0 Å². The molecule has 0 saturated heterocycles. The van der Waals surface area contributed by atoms with Crippen molar-refractivity contribution in [2.45, 2.75) is 32.9 Å². The van der Waals surface area contributed by atoms with Crippen LogP contribution >= 0.6 is 0 Å². The first-order valence-corrected chi connectivity index (χ1v) is 4.99. The van der Waals surface area contributed by atoms with Crippen LogP contribution in [0.3, 0.4) is 0 Å². The summed E-state index contributed by atoms with van der Waals surface area (Å²) in [7, 11) is 0. The Kier molecular flexibility index (Phi) is 3.21. The smallest absolute Gasteiger partial charge is 0.351 e. The number of urea groups is 1. The van der Waals surface area contributed by atoms with Gasteiger partial charge in [-0.05, 0) is 18.8 Å². The molecule has 1 aliphatic rings. The molecule has 0 aromatic rings. The number of carbonyl (C=O) groups excluding carboxylic acids is 1. The summed E-state index contributed by atoms with van der Waals surface area (Å²) in [5, 5.41) is 2.33. The molecule has 0 bridgehead atoms. The fourth-order valence-corrected chi connectivity index (χ4v) is 1.83. The lowest BCUT2D eigenvalue weighted by atomic mass is 9.69. The zero-order valence-corrected chi connectivity index (χ0v) is 9.19. The van der Waals surface area contributed by atoms with Crippen molar-refractivity contribution in [1.82, 2.24) is 5.32 Å². The average Bonchev–Trinajstić information content (AvgIpc) is 2.08. The van der Waals surface area contributed by atoms with Gasteiger partial charge in [0.25, 0.3) is 0 Å². The van der Waals surface area contributed by atoms with Gasteiger partial charge in [0.2, 0.25) is 0 Å². The van der Waals surface area contributed by atoms with Gasteiger partial charge >= 0.3 is 12.2 Å². The Labute approximate surface area is 91.9 Å². The number of halogens is 3. The SMILES string of the molecule is CC1CC(NC(N)=O)=CCC1(C)C(F)(F)F. The fourth-order valence-electron chi connectivity index (χ4n) is 1.83. The largest absolute Gasteiger partial charge is 0.394 e. The molecule has 3 nitrogen and oxygen atoms in total. The fraction of sp³-hybridized carbons (Fsp3) is 0.700. The predicted octanol–water partition coefficient (Wildman–Crippen LogP) is 2.54. The van der Waals surface area contributed by atoms with E-state index in [0.717, 1.165) is 0 Å². The van der Waals surface area contributed by atoms with Gasteiger partial charge in [0.05, 0.1) is 5.41 Å². The molecule has 2 amide bonds. The Morgan fingerprint density at radius 3 is 2.56 bits per heavy atom. The van der Waals surface area contributed by atoms with Crippen molar-refractivity contribution in [2.75, 3.05) is 0 Å². The first-order chi connectivity index (χ1) is 7.17. The molecule has 0 aromatic carbocycles. The van der Waals surface area contributed by atoms with Gasteiger partial charge in [-0.2, -0.15) is 13.2 Å². The third kappa shape index (κ3) is 2.31. The monoisotopic (exact) mass is 236 g/mol. The second-order valence-electron chi connectivity index (χ2n) is 4.44. The maximum atomic E-state index is 12.8. The van der Waals surface area contributed by atoms with Crippen molar-refractivity contribution in [2.24, 2.45) is 17.1 Å². The molecule has 0 saturated carbocycles.